The molecule has 0 aliphatic heterocycles. The van der Waals surface area contributed by atoms with E-state index in [0.717, 1.165) is 24.2 Å². The zero-order chi connectivity index (χ0) is 10.9. The molecule has 0 radical (unpaired) electrons. The number of aliphatic hydroxyl groups is 1. The van der Waals surface area contributed by atoms with Crippen LogP contribution < -0.4 is 0 Å². The molecule has 1 rings (SSSR count). The molecule has 1 heteroatoms. The highest BCUT2D eigenvalue weighted by Gasteiger charge is 2.51. The molecule has 0 heterocycles. The van der Waals surface area contributed by atoms with Gasteiger partial charge in [-0.25, -0.2) is 0 Å². The van der Waals surface area contributed by atoms with Crippen molar-refractivity contribution in [2.45, 2.75) is 47.5 Å². The maximum absolute atomic E-state index is 9.05. The topological polar surface area (TPSA) is 20.2 Å². The minimum absolute atomic E-state index is 0.338. The molecule has 0 aromatic rings. The summed E-state index contributed by atoms with van der Waals surface area (Å²) in [6, 6.07) is 0. The van der Waals surface area contributed by atoms with Crippen LogP contribution in [-0.2, 0) is 0 Å². The van der Waals surface area contributed by atoms with Crippen molar-refractivity contribution in [1.29, 1.82) is 0 Å². The Labute approximate surface area is 88.9 Å². The Kier molecular flexibility index (Phi) is 3.63. The molecule has 0 aromatic heterocycles. The van der Waals surface area contributed by atoms with Crippen LogP contribution in [0.1, 0.15) is 47.5 Å². The third-order valence-corrected chi connectivity index (χ3v) is 4.78. The van der Waals surface area contributed by atoms with Crippen LogP contribution in [0.15, 0.2) is 0 Å². The fourth-order valence-corrected chi connectivity index (χ4v) is 3.06. The molecule has 0 amide bonds. The largest absolute Gasteiger partial charge is 0.396 e. The lowest BCUT2D eigenvalue weighted by Gasteiger charge is -2.40. The molecule has 4 unspecified atom stereocenters. The molecule has 0 spiro atoms. The van der Waals surface area contributed by atoms with Gasteiger partial charge in [-0.15, -0.1) is 0 Å². The van der Waals surface area contributed by atoms with Crippen molar-refractivity contribution in [2.24, 2.45) is 29.1 Å². The average Bonchev–Trinajstić information content (AvgIpc) is 2.81. The zero-order valence-electron chi connectivity index (χ0n) is 10.4. The van der Waals surface area contributed by atoms with Crippen molar-refractivity contribution < 1.29 is 5.11 Å². The molecule has 1 nitrogen and oxygen atoms in total. The lowest BCUT2D eigenvalue weighted by Crippen LogP contribution is -2.34. The molecule has 4 atom stereocenters. The third kappa shape index (κ3) is 1.98. The van der Waals surface area contributed by atoms with E-state index in [1.54, 1.807) is 0 Å². The predicted molar refractivity (Wildman–Crippen MR) is 61.1 cm³/mol. The molecule has 1 aliphatic carbocycles. The first-order chi connectivity index (χ1) is 6.44. The second kappa shape index (κ2) is 4.22. The van der Waals surface area contributed by atoms with Gasteiger partial charge >= 0.3 is 0 Å². The van der Waals surface area contributed by atoms with Gasteiger partial charge in [0.1, 0.15) is 0 Å². The van der Waals surface area contributed by atoms with Gasteiger partial charge in [0.15, 0.2) is 0 Å². The van der Waals surface area contributed by atoms with E-state index in [1.807, 2.05) is 0 Å². The quantitative estimate of drug-likeness (QED) is 0.718. The van der Waals surface area contributed by atoms with Gasteiger partial charge in [0.2, 0.25) is 0 Å². The van der Waals surface area contributed by atoms with Crippen LogP contribution in [-0.4, -0.2) is 11.7 Å². The summed E-state index contributed by atoms with van der Waals surface area (Å²) < 4.78 is 0. The van der Waals surface area contributed by atoms with Crippen LogP contribution in [0.5, 0.6) is 0 Å². The molecule has 0 bridgehead atoms. The molecular weight excluding hydrogens is 172 g/mol. The van der Waals surface area contributed by atoms with Gasteiger partial charge in [-0.3, -0.25) is 0 Å². The average molecular weight is 198 g/mol. The van der Waals surface area contributed by atoms with Gasteiger partial charge in [-0.2, -0.15) is 0 Å². The second-order valence-corrected chi connectivity index (χ2v) is 5.75. The minimum atomic E-state index is 0.338. The van der Waals surface area contributed by atoms with E-state index in [4.69, 9.17) is 5.11 Å². The molecular formula is C13H26O. The number of hydrogen-bond donors (Lipinski definition) is 1. The van der Waals surface area contributed by atoms with Crippen molar-refractivity contribution in [3.8, 4) is 0 Å². The highest BCUT2D eigenvalue weighted by atomic mass is 16.3. The Balaban J connectivity index is 2.71. The van der Waals surface area contributed by atoms with Crippen LogP contribution in [0.2, 0.25) is 0 Å². The van der Waals surface area contributed by atoms with Crippen LogP contribution in [0.25, 0.3) is 0 Å². The Morgan fingerprint density at radius 2 is 1.86 bits per heavy atom. The highest BCUT2D eigenvalue weighted by Crippen LogP contribution is 2.58. The van der Waals surface area contributed by atoms with Gasteiger partial charge in [0.25, 0.3) is 0 Å². The van der Waals surface area contributed by atoms with E-state index >= 15 is 0 Å². The van der Waals surface area contributed by atoms with Gasteiger partial charge in [-0.1, -0.05) is 34.6 Å². The summed E-state index contributed by atoms with van der Waals surface area (Å²) >= 11 is 0. The standard InChI is InChI=1S/C13H26O/c1-9(2)13(5,11(4)6-7-14)12-8-10(12)3/h9-12,14H,6-8H2,1-5H3. The van der Waals surface area contributed by atoms with Crippen LogP contribution in [0.3, 0.4) is 0 Å². The van der Waals surface area contributed by atoms with E-state index < -0.39 is 0 Å². The smallest absolute Gasteiger partial charge is 0.0433 e. The lowest BCUT2D eigenvalue weighted by molar-refractivity contribution is 0.0682. The Morgan fingerprint density at radius 3 is 2.14 bits per heavy atom. The first kappa shape index (κ1) is 12.0. The fourth-order valence-electron chi connectivity index (χ4n) is 3.06. The van der Waals surface area contributed by atoms with Crippen molar-refractivity contribution in [3.63, 3.8) is 0 Å². The predicted octanol–water partition coefficient (Wildman–Crippen LogP) is 3.32. The summed E-state index contributed by atoms with van der Waals surface area (Å²) in [6.45, 7) is 12.1. The summed E-state index contributed by atoms with van der Waals surface area (Å²) in [7, 11) is 0. The van der Waals surface area contributed by atoms with Gasteiger partial charge in [0.05, 0.1) is 0 Å². The highest BCUT2D eigenvalue weighted by molar-refractivity contribution is 4.99. The first-order valence-electron chi connectivity index (χ1n) is 6.05. The Morgan fingerprint density at radius 1 is 1.36 bits per heavy atom. The van der Waals surface area contributed by atoms with E-state index in [9.17, 15) is 0 Å². The van der Waals surface area contributed by atoms with Crippen LogP contribution >= 0.6 is 0 Å². The fraction of sp³-hybridized carbons (Fsp3) is 1.00. The molecule has 1 saturated carbocycles. The first-order valence-corrected chi connectivity index (χ1v) is 6.05. The summed E-state index contributed by atoms with van der Waals surface area (Å²) in [4.78, 5) is 0. The molecule has 84 valence electrons. The van der Waals surface area contributed by atoms with Crippen molar-refractivity contribution >= 4 is 0 Å². The summed E-state index contributed by atoms with van der Waals surface area (Å²) in [6.07, 6.45) is 2.35. The molecule has 1 fully saturated rings. The Hall–Kier alpha value is -0.0400. The SMILES string of the molecule is CC1CC1C(C)(C(C)C)C(C)CCO. The van der Waals surface area contributed by atoms with Gasteiger partial charge < -0.3 is 5.11 Å². The minimum Gasteiger partial charge on any atom is -0.396 e. The molecule has 1 aliphatic rings. The Bertz CT molecular complexity index is 188. The summed E-state index contributed by atoms with van der Waals surface area (Å²) in [5, 5.41) is 9.05. The molecule has 14 heavy (non-hydrogen) atoms. The van der Waals surface area contributed by atoms with Crippen LogP contribution in [0, 0.1) is 29.1 Å². The third-order valence-electron chi connectivity index (χ3n) is 4.78. The van der Waals surface area contributed by atoms with E-state index in [2.05, 4.69) is 34.6 Å². The zero-order valence-corrected chi connectivity index (χ0v) is 10.4. The van der Waals surface area contributed by atoms with Crippen LogP contribution in [0.4, 0.5) is 0 Å². The van der Waals surface area contributed by atoms with E-state index in [-0.39, 0.29) is 0 Å². The number of hydrogen-bond acceptors (Lipinski definition) is 1. The summed E-state index contributed by atoms with van der Waals surface area (Å²) in [5.74, 6) is 3.16. The van der Waals surface area contributed by atoms with Crippen molar-refractivity contribution in [3.05, 3.63) is 0 Å². The maximum atomic E-state index is 9.05. The monoisotopic (exact) mass is 198 g/mol. The molecule has 1 N–H and O–H groups in total. The number of rotatable bonds is 5. The maximum Gasteiger partial charge on any atom is 0.0433 e. The van der Waals surface area contributed by atoms with Gasteiger partial charge in [-0.05, 0) is 41.9 Å². The van der Waals surface area contributed by atoms with Gasteiger partial charge in [0, 0.05) is 6.61 Å². The van der Waals surface area contributed by atoms with E-state index in [0.29, 0.717) is 17.9 Å². The van der Waals surface area contributed by atoms with Crippen molar-refractivity contribution in [1.82, 2.24) is 0 Å². The van der Waals surface area contributed by atoms with E-state index in [1.165, 1.54) is 6.42 Å². The number of aliphatic hydroxyl groups excluding tert-OH is 1. The lowest BCUT2D eigenvalue weighted by atomic mass is 9.65. The van der Waals surface area contributed by atoms with Crippen molar-refractivity contribution in [2.75, 3.05) is 6.61 Å². The summed E-state index contributed by atoms with van der Waals surface area (Å²) in [5.41, 5.74) is 0.433. The second-order valence-electron chi connectivity index (χ2n) is 5.75. The molecule has 0 saturated heterocycles. The molecule has 0 aromatic carbocycles. The normalized spacial score (nSPS) is 32.8.